The van der Waals surface area contributed by atoms with E-state index in [2.05, 4.69) is 36.3 Å². The van der Waals surface area contributed by atoms with E-state index in [0.717, 1.165) is 6.54 Å². The summed E-state index contributed by atoms with van der Waals surface area (Å²) in [6, 6.07) is 4.58. The Morgan fingerprint density at radius 1 is 1.24 bits per heavy atom. The molecule has 0 spiro atoms. The Kier molecular flexibility index (Phi) is 4.96. The van der Waals surface area contributed by atoms with Gasteiger partial charge in [0.05, 0.1) is 6.42 Å². The van der Waals surface area contributed by atoms with Crippen molar-refractivity contribution in [1.29, 1.82) is 0 Å². The van der Waals surface area contributed by atoms with E-state index >= 15 is 0 Å². The molecular weight excluding hydrogens is 293 g/mol. The third-order valence-corrected chi connectivity index (χ3v) is 3.25. The van der Waals surface area contributed by atoms with Gasteiger partial charge in [-0.3, -0.25) is 0 Å². The van der Waals surface area contributed by atoms with Crippen LogP contribution in [-0.4, -0.2) is 22.3 Å². The summed E-state index contributed by atoms with van der Waals surface area (Å²) in [7, 11) is 0. The number of hydrogen-bond donors (Lipinski definition) is 1. The van der Waals surface area contributed by atoms with E-state index < -0.39 is 0 Å². The Labute approximate surface area is 128 Å². The van der Waals surface area contributed by atoms with Crippen LogP contribution in [0.15, 0.2) is 22.6 Å². The van der Waals surface area contributed by atoms with Crippen LogP contribution in [0.25, 0.3) is 0 Å². The highest BCUT2D eigenvalue weighted by Crippen LogP contribution is 2.21. The van der Waals surface area contributed by atoms with Gasteiger partial charge in [0.25, 0.3) is 0 Å². The van der Waals surface area contributed by atoms with E-state index in [1.54, 1.807) is 12.1 Å². The molecule has 1 aromatic carbocycles. The molecule has 2 aromatic rings. The summed E-state index contributed by atoms with van der Waals surface area (Å²) in [6.45, 7) is 7.01. The Balaban J connectivity index is 1.97. The first-order chi connectivity index (χ1) is 9.85. The van der Waals surface area contributed by atoms with Crippen molar-refractivity contribution in [1.82, 2.24) is 15.5 Å². The fraction of sp³-hybridized carbons (Fsp3) is 0.467. The molecule has 114 valence electrons. The average molecular weight is 312 g/mol. The zero-order valence-corrected chi connectivity index (χ0v) is 13.2. The van der Waals surface area contributed by atoms with Gasteiger partial charge in [-0.05, 0) is 32.9 Å². The Hall–Kier alpha value is -1.46. The van der Waals surface area contributed by atoms with Gasteiger partial charge in [0.2, 0.25) is 11.8 Å². The van der Waals surface area contributed by atoms with Crippen molar-refractivity contribution in [2.45, 2.75) is 39.2 Å². The number of benzene rings is 1. The van der Waals surface area contributed by atoms with Crippen molar-refractivity contribution < 1.29 is 8.81 Å². The van der Waals surface area contributed by atoms with E-state index in [0.29, 0.717) is 28.8 Å². The van der Waals surface area contributed by atoms with E-state index in [1.165, 1.54) is 6.07 Å². The minimum absolute atomic E-state index is 0.0452. The molecule has 0 radical (unpaired) electrons. The van der Waals surface area contributed by atoms with E-state index in [1.807, 2.05) is 0 Å². The highest BCUT2D eigenvalue weighted by Gasteiger charge is 2.14. The number of nitrogens with one attached hydrogen (secondary N) is 1. The van der Waals surface area contributed by atoms with Gasteiger partial charge in [-0.1, -0.05) is 17.7 Å². The van der Waals surface area contributed by atoms with Crippen LogP contribution in [0.5, 0.6) is 0 Å². The molecule has 1 aromatic heterocycles. The summed E-state index contributed by atoms with van der Waals surface area (Å²) in [5.41, 5.74) is 0.422. The first-order valence-electron chi connectivity index (χ1n) is 6.84. The summed E-state index contributed by atoms with van der Waals surface area (Å²) in [4.78, 5) is 0. The lowest BCUT2D eigenvalue weighted by atomic mass is 10.1. The number of aromatic nitrogens is 2. The van der Waals surface area contributed by atoms with Crippen LogP contribution in [0.1, 0.15) is 38.1 Å². The van der Waals surface area contributed by atoms with Crippen molar-refractivity contribution in [3.8, 4) is 0 Å². The van der Waals surface area contributed by atoms with Crippen molar-refractivity contribution in [2.75, 3.05) is 6.54 Å². The van der Waals surface area contributed by atoms with Gasteiger partial charge in [0, 0.05) is 29.1 Å². The van der Waals surface area contributed by atoms with Crippen molar-refractivity contribution in [3.63, 3.8) is 0 Å². The third-order valence-electron chi connectivity index (χ3n) is 2.89. The molecule has 2 rings (SSSR count). The first kappa shape index (κ1) is 15.9. The average Bonchev–Trinajstić information content (AvgIpc) is 2.80. The maximum Gasteiger partial charge on any atom is 0.221 e. The predicted octanol–water partition coefficient (Wildman–Crippen LogP) is 3.38. The van der Waals surface area contributed by atoms with Gasteiger partial charge < -0.3 is 9.73 Å². The van der Waals surface area contributed by atoms with Gasteiger partial charge in [-0.2, -0.15) is 0 Å². The van der Waals surface area contributed by atoms with Crippen LogP contribution in [0.3, 0.4) is 0 Å². The van der Waals surface area contributed by atoms with Gasteiger partial charge in [-0.25, -0.2) is 4.39 Å². The molecule has 0 saturated carbocycles. The van der Waals surface area contributed by atoms with Crippen LogP contribution in [0.2, 0.25) is 5.02 Å². The lowest BCUT2D eigenvalue weighted by Crippen LogP contribution is -2.37. The van der Waals surface area contributed by atoms with Crippen molar-refractivity contribution in [2.24, 2.45) is 0 Å². The minimum atomic E-state index is -0.364. The molecular formula is C15H19ClFN3O. The SMILES string of the molecule is CC(C)(C)NCCc1nnc(Cc2c(F)cccc2Cl)o1. The molecule has 0 amide bonds. The van der Waals surface area contributed by atoms with Crippen LogP contribution >= 0.6 is 11.6 Å². The standard InChI is InChI=1S/C15H19ClFN3O/c1-15(2,3)18-8-7-13-19-20-14(21-13)9-10-11(16)5-4-6-12(10)17/h4-6,18H,7-9H2,1-3H3. The predicted molar refractivity (Wildman–Crippen MR) is 80.0 cm³/mol. The first-order valence-corrected chi connectivity index (χ1v) is 7.22. The largest absolute Gasteiger partial charge is 0.425 e. The molecule has 6 heteroatoms. The zero-order chi connectivity index (χ0) is 15.5. The third kappa shape index (κ3) is 4.79. The Bertz CT molecular complexity index is 587. The summed E-state index contributed by atoms with van der Waals surface area (Å²) in [6.07, 6.45) is 0.834. The monoisotopic (exact) mass is 311 g/mol. The molecule has 0 fully saturated rings. The zero-order valence-electron chi connectivity index (χ0n) is 12.4. The highest BCUT2D eigenvalue weighted by atomic mass is 35.5. The smallest absolute Gasteiger partial charge is 0.221 e. The number of nitrogens with zero attached hydrogens (tertiary/aromatic N) is 2. The molecule has 4 nitrogen and oxygen atoms in total. The van der Waals surface area contributed by atoms with Gasteiger partial charge in [-0.15, -0.1) is 10.2 Å². The summed E-state index contributed by atoms with van der Waals surface area (Å²) in [5, 5.41) is 11.6. The number of halogens is 2. The molecule has 0 aliphatic carbocycles. The van der Waals surface area contributed by atoms with Crippen molar-refractivity contribution in [3.05, 3.63) is 46.4 Å². The number of rotatable bonds is 5. The van der Waals surface area contributed by atoms with E-state index in [4.69, 9.17) is 16.0 Å². The fourth-order valence-corrected chi connectivity index (χ4v) is 2.09. The Morgan fingerprint density at radius 2 is 1.95 bits per heavy atom. The molecule has 0 aliphatic heterocycles. The summed E-state index contributed by atoms with van der Waals surface area (Å²) in [5.74, 6) is 0.540. The minimum Gasteiger partial charge on any atom is -0.425 e. The van der Waals surface area contributed by atoms with Crippen molar-refractivity contribution >= 4 is 11.6 Å². The molecule has 1 N–H and O–H groups in total. The topological polar surface area (TPSA) is 51.0 Å². The number of hydrogen-bond acceptors (Lipinski definition) is 4. The Morgan fingerprint density at radius 3 is 2.62 bits per heavy atom. The van der Waals surface area contributed by atoms with E-state index in [9.17, 15) is 4.39 Å². The van der Waals surface area contributed by atoms with Gasteiger partial charge in [0.1, 0.15) is 5.82 Å². The molecule has 21 heavy (non-hydrogen) atoms. The van der Waals surface area contributed by atoms with Crippen LogP contribution < -0.4 is 5.32 Å². The summed E-state index contributed by atoms with van der Waals surface area (Å²) >= 11 is 5.98. The van der Waals surface area contributed by atoms with Gasteiger partial charge in [0.15, 0.2) is 0 Å². The molecule has 0 bridgehead atoms. The van der Waals surface area contributed by atoms with E-state index in [-0.39, 0.29) is 17.8 Å². The van der Waals surface area contributed by atoms with Crippen LogP contribution in [-0.2, 0) is 12.8 Å². The maximum atomic E-state index is 13.7. The molecule has 0 atom stereocenters. The van der Waals surface area contributed by atoms with Gasteiger partial charge >= 0.3 is 0 Å². The molecule has 0 aliphatic rings. The van der Waals surface area contributed by atoms with Crippen LogP contribution in [0, 0.1) is 5.82 Å². The normalized spacial score (nSPS) is 11.9. The second-order valence-electron chi connectivity index (χ2n) is 5.89. The lowest BCUT2D eigenvalue weighted by molar-refractivity contribution is 0.402. The lowest BCUT2D eigenvalue weighted by Gasteiger charge is -2.19. The molecule has 0 saturated heterocycles. The quantitative estimate of drug-likeness (QED) is 0.919. The summed E-state index contributed by atoms with van der Waals surface area (Å²) < 4.78 is 19.2. The molecule has 0 unspecified atom stereocenters. The maximum absolute atomic E-state index is 13.7. The second kappa shape index (κ2) is 6.54. The molecule has 1 heterocycles. The highest BCUT2D eigenvalue weighted by molar-refractivity contribution is 6.31. The fourth-order valence-electron chi connectivity index (χ4n) is 1.86. The second-order valence-corrected chi connectivity index (χ2v) is 6.30. The van der Waals surface area contributed by atoms with Crippen LogP contribution in [0.4, 0.5) is 4.39 Å².